The average Bonchev–Trinajstić information content (AvgIpc) is 2.08. The fourth-order valence-electron chi connectivity index (χ4n) is 1.03. The highest BCUT2D eigenvalue weighted by molar-refractivity contribution is 9.10. The van der Waals surface area contributed by atoms with Gasteiger partial charge in [-0.25, -0.2) is 0 Å². The van der Waals surface area contributed by atoms with Crippen molar-refractivity contribution in [1.29, 1.82) is 0 Å². The number of hydrogen-bond acceptors (Lipinski definition) is 2. The molecule has 4 heteroatoms. The molecule has 1 N–H and O–H groups in total. The Morgan fingerprint density at radius 1 is 1.50 bits per heavy atom. The van der Waals surface area contributed by atoms with Crippen LogP contribution in [0.2, 0.25) is 0 Å². The normalized spacial score (nSPS) is 10.4. The van der Waals surface area contributed by atoms with Gasteiger partial charge in [-0.05, 0) is 48.0 Å². The Bertz CT molecular complexity index is 352. The summed E-state index contributed by atoms with van der Waals surface area (Å²) < 4.78 is 0.786. The fraction of sp³-hybridized carbons (Fsp3) is 0.300. The van der Waals surface area contributed by atoms with Crippen LogP contribution in [0.15, 0.2) is 27.6 Å². The van der Waals surface area contributed by atoms with E-state index in [1.165, 1.54) is 0 Å². The first-order valence-corrected chi connectivity index (χ1v) is 5.54. The summed E-state index contributed by atoms with van der Waals surface area (Å²) in [7, 11) is 0. The molecule has 0 unspecified atom stereocenters. The molecular formula is C10H12BrNOS. The van der Waals surface area contributed by atoms with Crippen LogP contribution in [0.3, 0.4) is 0 Å². The van der Waals surface area contributed by atoms with Gasteiger partial charge in [0.2, 0.25) is 0 Å². The molecule has 0 saturated heterocycles. The highest BCUT2D eigenvalue weighted by Crippen LogP contribution is 2.20. The second kappa shape index (κ2) is 4.84. The van der Waals surface area contributed by atoms with Crippen molar-refractivity contribution in [2.24, 2.45) is 0 Å². The number of nitrogens with one attached hydrogen (secondary N) is 1. The van der Waals surface area contributed by atoms with Crippen LogP contribution < -0.4 is 5.32 Å². The van der Waals surface area contributed by atoms with E-state index < -0.39 is 0 Å². The average molecular weight is 274 g/mol. The highest BCUT2D eigenvalue weighted by atomic mass is 79.9. The Morgan fingerprint density at radius 3 is 2.71 bits per heavy atom. The molecule has 0 heterocycles. The minimum atomic E-state index is -0.0808. The fourth-order valence-corrected chi connectivity index (χ4v) is 1.66. The first-order valence-electron chi connectivity index (χ1n) is 4.30. The molecule has 1 aromatic carbocycles. The summed E-state index contributed by atoms with van der Waals surface area (Å²) in [6.45, 7) is 3.85. The van der Waals surface area contributed by atoms with Crippen LogP contribution in [0.25, 0.3) is 0 Å². The minimum Gasteiger partial charge on any atom is -0.350 e. The van der Waals surface area contributed by atoms with E-state index in [0.717, 1.165) is 9.37 Å². The van der Waals surface area contributed by atoms with Gasteiger partial charge in [-0.15, -0.1) is 12.6 Å². The van der Waals surface area contributed by atoms with Crippen molar-refractivity contribution in [3.05, 3.63) is 28.2 Å². The monoisotopic (exact) mass is 273 g/mol. The minimum absolute atomic E-state index is 0.0808. The molecule has 14 heavy (non-hydrogen) atoms. The van der Waals surface area contributed by atoms with Gasteiger partial charge >= 0.3 is 0 Å². The molecule has 0 atom stereocenters. The second-order valence-electron chi connectivity index (χ2n) is 3.29. The van der Waals surface area contributed by atoms with Gasteiger partial charge in [0.1, 0.15) is 0 Å². The van der Waals surface area contributed by atoms with Crippen LogP contribution >= 0.6 is 28.6 Å². The van der Waals surface area contributed by atoms with Gasteiger partial charge in [-0.3, -0.25) is 4.79 Å². The Balaban J connectivity index is 2.94. The molecule has 0 fully saturated rings. The number of thiol groups is 1. The standard InChI is InChI=1S/C10H12BrNOS/c1-6(2)12-10(13)8-5-7(14)3-4-9(8)11/h3-6,14H,1-2H3,(H,12,13). The van der Waals surface area contributed by atoms with Crippen LogP contribution in [0.1, 0.15) is 24.2 Å². The van der Waals surface area contributed by atoms with Crippen molar-refractivity contribution in [3.8, 4) is 0 Å². The zero-order valence-electron chi connectivity index (χ0n) is 8.04. The summed E-state index contributed by atoms with van der Waals surface area (Å²) in [6.07, 6.45) is 0. The summed E-state index contributed by atoms with van der Waals surface area (Å²) >= 11 is 7.51. The van der Waals surface area contributed by atoms with E-state index in [0.29, 0.717) is 5.56 Å². The third-order valence-electron chi connectivity index (χ3n) is 1.61. The first-order chi connectivity index (χ1) is 6.50. The quantitative estimate of drug-likeness (QED) is 0.798. The van der Waals surface area contributed by atoms with Gasteiger partial charge in [0.15, 0.2) is 0 Å². The summed E-state index contributed by atoms with van der Waals surface area (Å²) in [4.78, 5) is 12.4. The largest absolute Gasteiger partial charge is 0.350 e. The molecule has 0 radical (unpaired) electrons. The van der Waals surface area contributed by atoms with Crippen LogP contribution in [-0.2, 0) is 0 Å². The Morgan fingerprint density at radius 2 is 2.14 bits per heavy atom. The molecule has 1 rings (SSSR count). The molecule has 0 aliphatic rings. The van der Waals surface area contributed by atoms with Gasteiger partial charge in [0.25, 0.3) is 5.91 Å². The van der Waals surface area contributed by atoms with E-state index in [4.69, 9.17) is 0 Å². The van der Waals surface area contributed by atoms with E-state index in [1.54, 1.807) is 6.07 Å². The van der Waals surface area contributed by atoms with Crippen molar-refractivity contribution in [1.82, 2.24) is 5.32 Å². The molecule has 76 valence electrons. The van der Waals surface area contributed by atoms with E-state index in [-0.39, 0.29) is 11.9 Å². The van der Waals surface area contributed by atoms with E-state index in [2.05, 4.69) is 33.9 Å². The maximum atomic E-state index is 11.7. The predicted octanol–water partition coefficient (Wildman–Crippen LogP) is 2.88. The topological polar surface area (TPSA) is 29.1 Å². The van der Waals surface area contributed by atoms with E-state index in [1.807, 2.05) is 26.0 Å². The van der Waals surface area contributed by atoms with Crippen LogP contribution in [0.4, 0.5) is 0 Å². The molecule has 0 aromatic heterocycles. The van der Waals surface area contributed by atoms with E-state index >= 15 is 0 Å². The molecule has 0 bridgehead atoms. The van der Waals surface area contributed by atoms with Crippen molar-refractivity contribution >= 4 is 34.5 Å². The van der Waals surface area contributed by atoms with Gasteiger partial charge in [0, 0.05) is 15.4 Å². The molecule has 0 saturated carbocycles. The second-order valence-corrected chi connectivity index (χ2v) is 4.66. The van der Waals surface area contributed by atoms with Gasteiger partial charge in [-0.2, -0.15) is 0 Å². The highest BCUT2D eigenvalue weighted by Gasteiger charge is 2.10. The third-order valence-corrected chi connectivity index (χ3v) is 2.58. The van der Waals surface area contributed by atoms with Gasteiger partial charge in [-0.1, -0.05) is 0 Å². The Kier molecular flexibility index (Phi) is 4.01. The first kappa shape index (κ1) is 11.6. The number of benzene rings is 1. The molecule has 0 aliphatic heterocycles. The lowest BCUT2D eigenvalue weighted by Gasteiger charge is -2.09. The molecule has 1 amide bonds. The summed E-state index contributed by atoms with van der Waals surface area (Å²) in [6, 6.07) is 5.53. The molecule has 2 nitrogen and oxygen atoms in total. The summed E-state index contributed by atoms with van der Waals surface area (Å²) in [5, 5.41) is 2.82. The van der Waals surface area contributed by atoms with Crippen LogP contribution in [-0.4, -0.2) is 11.9 Å². The van der Waals surface area contributed by atoms with Crippen molar-refractivity contribution in [2.75, 3.05) is 0 Å². The number of rotatable bonds is 2. The van der Waals surface area contributed by atoms with E-state index in [9.17, 15) is 4.79 Å². The van der Waals surface area contributed by atoms with Gasteiger partial charge < -0.3 is 5.32 Å². The zero-order chi connectivity index (χ0) is 10.7. The van der Waals surface area contributed by atoms with Crippen molar-refractivity contribution < 1.29 is 4.79 Å². The SMILES string of the molecule is CC(C)NC(=O)c1cc(S)ccc1Br. The lowest BCUT2D eigenvalue weighted by atomic mass is 10.2. The number of carbonyl (C=O) groups is 1. The number of carbonyl (C=O) groups excluding carboxylic acids is 1. The van der Waals surface area contributed by atoms with Crippen molar-refractivity contribution in [3.63, 3.8) is 0 Å². The maximum Gasteiger partial charge on any atom is 0.252 e. The maximum absolute atomic E-state index is 11.7. The third kappa shape index (κ3) is 3.03. The summed E-state index contributed by atoms with van der Waals surface area (Å²) in [5.74, 6) is -0.0808. The molecule has 0 aliphatic carbocycles. The molecule has 1 aromatic rings. The smallest absolute Gasteiger partial charge is 0.252 e. The number of halogens is 1. The van der Waals surface area contributed by atoms with Gasteiger partial charge in [0.05, 0.1) is 5.56 Å². The van der Waals surface area contributed by atoms with Crippen LogP contribution in [0.5, 0.6) is 0 Å². The lowest BCUT2D eigenvalue weighted by Crippen LogP contribution is -2.30. The zero-order valence-corrected chi connectivity index (χ0v) is 10.5. The number of hydrogen-bond donors (Lipinski definition) is 2. The Hall–Kier alpha value is -0.480. The number of amides is 1. The van der Waals surface area contributed by atoms with Crippen molar-refractivity contribution in [2.45, 2.75) is 24.8 Å². The molecular weight excluding hydrogens is 262 g/mol. The Labute approximate surface area is 97.6 Å². The van der Waals surface area contributed by atoms with Crippen LogP contribution in [0, 0.1) is 0 Å². The lowest BCUT2D eigenvalue weighted by molar-refractivity contribution is 0.0942. The summed E-state index contributed by atoms with van der Waals surface area (Å²) in [5.41, 5.74) is 0.617. The predicted molar refractivity (Wildman–Crippen MR) is 64.0 cm³/mol. The molecule has 0 spiro atoms.